The molecule has 2 aromatic carbocycles. The zero-order chi connectivity index (χ0) is 17.3. The lowest BCUT2D eigenvalue weighted by atomic mass is 10.1. The van der Waals surface area contributed by atoms with Crippen LogP contribution in [0.4, 0.5) is 11.4 Å². The minimum absolute atomic E-state index is 0.0714. The van der Waals surface area contributed by atoms with E-state index in [9.17, 15) is 14.4 Å². The van der Waals surface area contributed by atoms with Crippen molar-refractivity contribution in [3.8, 4) is 0 Å². The van der Waals surface area contributed by atoms with Gasteiger partial charge in [-0.2, -0.15) is 0 Å². The minimum Gasteiger partial charge on any atom is -0.366 e. The van der Waals surface area contributed by atoms with E-state index in [-0.39, 0.29) is 6.04 Å². The molecule has 3 amide bonds. The average molecular weight is 323 g/mol. The molecule has 3 N–H and O–H groups in total. The number of hydrogen-bond donors (Lipinski definition) is 2. The Morgan fingerprint density at radius 1 is 1.08 bits per heavy atom. The number of carbonyl (C=O) groups is 3. The zero-order valence-electron chi connectivity index (χ0n) is 13.2. The molecule has 0 bridgehead atoms. The number of primary amides is 1. The molecular formula is C18H17N3O3. The predicted octanol–water partition coefficient (Wildman–Crippen LogP) is 1.70. The van der Waals surface area contributed by atoms with Crippen LogP contribution in [0.2, 0.25) is 0 Å². The van der Waals surface area contributed by atoms with E-state index >= 15 is 0 Å². The number of rotatable bonds is 2. The first-order valence-corrected chi connectivity index (χ1v) is 7.59. The molecule has 0 aromatic heterocycles. The fourth-order valence-electron chi connectivity index (χ4n) is 2.89. The number of benzene rings is 2. The number of nitrogens with two attached hydrogens (primary N) is 1. The molecule has 2 aromatic rings. The number of para-hydroxylation sites is 1. The van der Waals surface area contributed by atoms with E-state index in [1.807, 2.05) is 31.2 Å². The Balaban J connectivity index is 1.75. The zero-order valence-corrected chi connectivity index (χ0v) is 13.2. The second kappa shape index (κ2) is 6.16. The summed E-state index contributed by atoms with van der Waals surface area (Å²) < 4.78 is 0. The largest absolute Gasteiger partial charge is 0.366 e. The van der Waals surface area contributed by atoms with Crippen molar-refractivity contribution in [1.29, 1.82) is 0 Å². The molecule has 0 radical (unpaired) electrons. The number of carbonyl (C=O) groups excluding carboxylic acids is 3. The summed E-state index contributed by atoms with van der Waals surface area (Å²) in [7, 11) is 0. The van der Waals surface area contributed by atoms with E-state index in [4.69, 9.17) is 5.73 Å². The molecule has 1 atom stereocenters. The van der Waals surface area contributed by atoms with E-state index in [2.05, 4.69) is 5.32 Å². The van der Waals surface area contributed by atoms with Crippen molar-refractivity contribution in [2.45, 2.75) is 19.4 Å². The van der Waals surface area contributed by atoms with Crippen LogP contribution in [0.1, 0.15) is 22.8 Å². The maximum absolute atomic E-state index is 12.5. The lowest BCUT2D eigenvalue weighted by Crippen LogP contribution is -2.43. The van der Waals surface area contributed by atoms with Crippen molar-refractivity contribution in [1.82, 2.24) is 0 Å². The number of hydrogen-bond acceptors (Lipinski definition) is 3. The number of fused-ring (bicyclic) bond motifs is 1. The Kier molecular flexibility index (Phi) is 4.04. The van der Waals surface area contributed by atoms with Crippen LogP contribution in [-0.2, 0) is 16.0 Å². The van der Waals surface area contributed by atoms with Crippen LogP contribution in [0.3, 0.4) is 0 Å². The number of nitrogens with zero attached hydrogens (tertiary/aromatic N) is 1. The molecule has 1 aliphatic rings. The van der Waals surface area contributed by atoms with Gasteiger partial charge in [-0.15, -0.1) is 0 Å². The summed E-state index contributed by atoms with van der Waals surface area (Å²) in [5, 5.41) is 2.55. The van der Waals surface area contributed by atoms with Gasteiger partial charge in [0.2, 0.25) is 5.91 Å². The van der Waals surface area contributed by atoms with Crippen molar-refractivity contribution < 1.29 is 14.4 Å². The van der Waals surface area contributed by atoms with Crippen LogP contribution >= 0.6 is 0 Å². The van der Waals surface area contributed by atoms with Crippen LogP contribution in [0.15, 0.2) is 48.5 Å². The van der Waals surface area contributed by atoms with Crippen LogP contribution in [0, 0.1) is 0 Å². The summed E-state index contributed by atoms with van der Waals surface area (Å²) in [5.41, 5.74) is 7.76. The topological polar surface area (TPSA) is 92.5 Å². The molecule has 3 rings (SSSR count). The molecule has 1 heterocycles. The Bertz CT molecular complexity index is 815. The van der Waals surface area contributed by atoms with Crippen molar-refractivity contribution >= 4 is 29.1 Å². The van der Waals surface area contributed by atoms with Crippen molar-refractivity contribution in [3.05, 3.63) is 59.7 Å². The smallest absolute Gasteiger partial charge is 0.316 e. The quantitative estimate of drug-likeness (QED) is 0.824. The Hall–Kier alpha value is -3.15. The van der Waals surface area contributed by atoms with Crippen LogP contribution in [0.25, 0.3) is 0 Å². The lowest BCUT2D eigenvalue weighted by Gasteiger charge is -2.22. The fourth-order valence-corrected chi connectivity index (χ4v) is 2.89. The highest BCUT2D eigenvalue weighted by molar-refractivity contribution is 6.44. The second-order valence-corrected chi connectivity index (χ2v) is 5.75. The first kappa shape index (κ1) is 15.7. The average Bonchev–Trinajstić information content (AvgIpc) is 2.90. The monoisotopic (exact) mass is 323 g/mol. The van der Waals surface area contributed by atoms with Gasteiger partial charge in [-0.3, -0.25) is 14.4 Å². The van der Waals surface area contributed by atoms with E-state index < -0.39 is 17.7 Å². The second-order valence-electron chi connectivity index (χ2n) is 5.75. The van der Waals surface area contributed by atoms with Gasteiger partial charge in [0.05, 0.1) is 0 Å². The first-order valence-electron chi connectivity index (χ1n) is 7.59. The van der Waals surface area contributed by atoms with Crippen LogP contribution < -0.4 is 16.0 Å². The van der Waals surface area contributed by atoms with Gasteiger partial charge in [0.1, 0.15) is 0 Å². The third-order valence-electron chi connectivity index (χ3n) is 4.05. The SMILES string of the molecule is CC1Cc2ccccc2N1C(=O)C(=O)Nc1ccc(C(N)=O)cc1. The highest BCUT2D eigenvalue weighted by Gasteiger charge is 2.34. The minimum atomic E-state index is -0.717. The van der Waals surface area contributed by atoms with E-state index in [0.29, 0.717) is 11.3 Å². The molecule has 1 unspecified atom stereocenters. The van der Waals surface area contributed by atoms with Crippen molar-refractivity contribution in [2.75, 3.05) is 10.2 Å². The molecule has 0 fully saturated rings. The molecular weight excluding hydrogens is 306 g/mol. The van der Waals surface area contributed by atoms with Crippen molar-refractivity contribution in [3.63, 3.8) is 0 Å². The van der Waals surface area contributed by atoms with Crippen LogP contribution in [-0.4, -0.2) is 23.8 Å². The summed E-state index contributed by atoms with van der Waals surface area (Å²) >= 11 is 0. The summed E-state index contributed by atoms with van der Waals surface area (Å²) in [6.07, 6.45) is 0.725. The van der Waals surface area contributed by atoms with Gasteiger partial charge in [-0.05, 0) is 49.2 Å². The van der Waals surface area contributed by atoms with Gasteiger partial charge in [0, 0.05) is 23.0 Å². The van der Waals surface area contributed by atoms with Gasteiger partial charge < -0.3 is 16.0 Å². The van der Waals surface area contributed by atoms with Crippen LogP contribution in [0.5, 0.6) is 0 Å². The highest BCUT2D eigenvalue weighted by atomic mass is 16.2. The Morgan fingerprint density at radius 3 is 2.42 bits per heavy atom. The molecule has 0 saturated heterocycles. The van der Waals surface area contributed by atoms with E-state index in [1.165, 1.54) is 29.2 Å². The number of nitrogens with one attached hydrogen (secondary N) is 1. The maximum atomic E-state index is 12.5. The fraction of sp³-hybridized carbons (Fsp3) is 0.167. The van der Waals surface area contributed by atoms with E-state index in [0.717, 1.165) is 17.7 Å². The molecule has 122 valence electrons. The molecule has 24 heavy (non-hydrogen) atoms. The summed E-state index contributed by atoms with van der Waals surface area (Å²) in [4.78, 5) is 37.4. The summed E-state index contributed by atoms with van der Waals surface area (Å²) in [6, 6.07) is 13.5. The first-order chi connectivity index (χ1) is 11.5. The number of amides is 3. The molecule has 6 heteroatoms. The third kappa shape index (κ3) is 2.86. The van der Waals surface area contributed by atoms with Gasteiger partial charge in [-0.25, -0.2) is 0 Å². The standard InChI is InChI=1S/C18H17N3O3/c1-11-10-13-4-2-3-5-15(13)21(11)18(24)17(23)20-14-8-6-12(7-9-14)16(19)22/h2-9,11H,10H2,1H3,(H2,19,22)(H,20,23). The third-order valence-corrected chi connectivity index (χ3v) is 4.05. The van der Waals surface area contributed by atoms with Gasteiger partial charge in [0.15, 0.2) is 0 Å². The lowest BCUT2D eigenvalue weighted by molar-refractivity contribution is -0.134. The molecule has 1 aliphatic heterocycles. The molecule has 0 aliphatic carbocycles. The molecule has 6 nitrogen and oxygen atoms in total. The van der Waals surface area contributed by atoms with Gasteiger partial charge in [-0.1, -0.05) is 18.2 Å². The highest BCUT2D eigenvalue weighted by Crippen LogP contribution is 2.31. The normalized spacial score (nSPS) is 15.7. The van der Waals surface area contributed by atoms with Gasteiger partial charge in [0.25, 0.3) is 0 Å². The van der Waals surface area contributed by atoms with Crippen molar-refractivity contribution in [2.24, 2.45) is 5.73 Å². The maximum Gasteiger partial charge on any atom is 0.316 e. The predicted molar refractivity (Wildman–Crippen MR) is 90.7 cm³/mol. The Labute approximate surface area is 139 Å². The van der Waals surface area contributed by atoms with Gasteiger partial charge >= 0.3 is 11.8 Å². The summed E-state index contributed by atoms with van der Waals surface area (Å²) in [6.45, 7) is 1.91. The summed E-state index contributed by atoms with van der Waals surface area (Å²) in [5.74, 6) is -1.87. The van der Waals surface area contributed by atoms with E-state index in [1.54, 1.807) is 0 Å². The Morgan fingerprint density at radius 2 is 1.75 bits per heavy atom. The number of anilines is 2. The molecule has 0 saturated carbocycles. The molecule has 0 spiro atoms.